The van der Waals surface area contributed by atoms with Gasteiger partial charge in [-0.15, -0.1) is 0 Å². The van der Waals surface area contributed by atoms with E-state index in [1.807, 2.05) is 54.6 Å². The van der Waals surface area contributed by atoms with E-state index in [0.717, 1.165) is 33.3 Å². The van der Waals surface area contributed by atoms with Crippen LogP contribution in [0.1, 0.15) is 34.9 Å². The summed E-state index contributed by atoms with van der Waals surface area (Å²) in [7, 11) is 0. The van der Waals surface area contributed by atoms with Gasteiger partial charge in [0.1, 0.15) is 11.5 Å². The van der Waals surface area contributed by atoms with Crippen molar-refractivity contribution >= 4 is 44.7 Å². The number of allylic oxidation sites excluding steroid dienone is 1. The number of nitrogens with zero attached hydrogens (tertiary/aromatic N) is 3. The number of furan rings is 1. The number of aryl methyl sites for hydroxylation is 1. The van der Waals surface area contributed by atoms with Gasteiger partial charge in [-0.25, -0.2) is 4.99 Å². The SMILES string of the molecule is O=c1/c(=C\c2ccc(-c3cccc(Br)c3)o2)sc2n1[C@@H](c1cccc([N+](=O)[O-])c1)C1=C(N=2)c2ccccc2CC1. The highest BCUT2D eigenvalue weighted by atomic mass is 79.9. The van der Waals surface area contributed by atoms with Gasteiger partial charge in [0, 0.05) is 33.8 Å². The van der Waals surface area contributed by atoms with Crippen LogP contribution in [0.25, 0.3) is 23.1 Å². The van der Waals surface area contributed by atoms with E-state index in [1.54, 1.807) is 22.8 Å². The monoisotopic (exact) mass is 609 g/mol. The highest BCUT2D eigenvalue weighted by Gasteiger charge is 2.33. The molecule has 0 fully saturated rings. The minimum atomic E-state index is -0.490. The van der Waals surface area contributed by atoms with Crippen LogP contribution in [0.3, 0.4) is 0 Å². The molecule has 2 aromatic heterocycles. The first-order valence-corrected chi connectivity index (χ1v) is 14.3. The van der Waals surface area contributed by atoms with E-state index in [1.165, 1.54) is 23.0 Å². The van der Waals surface area contributed by atoms with Gasteiger partial charge in [0.2, 0.25) is 0 Å². The van der Waals surface area contributed by atoms with Gasteiger partial charge < -0.3 is 4.42 Å². The topological polar surface area (TPSA) is 90.6 Å². The molecular formula is C31H20BrN3O4S. The average molecular weight is 610 g/mol. The van der Waals surface area contributed by atoms with Crippen molar-refractivity contribution < 1.29 is 9.34 Å². The van der Waals surface area contributed by atoms with Gasteiger partial charge in [-0.2, -0.15) is 0 Å². The lowest BCUT2D eigenvalue weighted by Gasteiger charge is -2.30. The highest BCUT2D eigenvalue weighted by molar-refractivity contribution is 9.10. The lowest BCUT2D eigenvalue weighted by atomic mass is 9.83. The van der Waals surface area contributed by atoms with Crippen LogP contribution in [-0.2, 0) is 6.42 Å². The summed E-state index contributed by atoms with van der Waals surface area (Å²) in [6.45, 7) is 0. The number of fused-ring (bicyclic) bond motifs is 3. The standard InChI is InChI=1S/C31H20BrN3O4S/c32-21-8-3-6-19(15-21)26-14-12-23(39-26)17-27-30(36)34-29(20-7-4-9-22(16-20)35(37)38)25-13-11-18-5-1-2-10-24(18)28(25)33-31(34)40-27/h1-10,12,14-17,29H,11,13H2/b27-17+/t29-/m0/s1. The quantitative estimate of drug-likeness (QED) is 0.178. The molecule has 0 amide bonds. The molecule has 1 aliphatic heterocycles. The number of aromatic nitrogens is 1. The van der Waals surface area contributed by atoms with Gasteiger partial charge in [0.05, 0.1) is 21.2 Å². The van der Waals surface area contributed by atoms with Crippen molar-refractivity contribution in [1.29, 1.82) is 0 Å². The summed E-state index contributed by atoms with van der Waals surface area (Å²) < 4.78 is 9.19. The molecule has 0 unspecified atom stereocenters. The molecule has 9 heteroatoms. The third-order valence-corrected chi connectivity index (χ3v) is 8.76. The molecule has 0 saturated heterocycles. The van der Waals surface area contributed by atoms with Gasteiger partial charge in [0.15, 0.2) is 4.80 Å². The molecular weight excluding hydrogens is 590 g/mol. The minimum absolute atomic E-state index is 0.00866. The Labute approximate surface area is 240 Å². The average Bonchev–Trinajstić information content (AvgIpc) is 3.56. The fourth-order valence-electron chi connectivity index (χ4n) is 5.49. The Balaban J connectivity index is 1.41. The van der Waals surface area contributed by atoms with Crippen LogP contribution < -0.4 is 14.9 Å². The van der Waals surface area contributed by atoms with E-state index in [-0.39, 0.29) is 11.2 Å². The second kappa shape index (κ2) is 9.69. The fraction of sp³-hybridized carbons (Fsp3) is 0.0968. The van der Waals surface area contributed by atoms with Gasteiger partial charge in [-0.1, -0.05) is 75.8 Å². The second-order valence-electron chi connectivity index (χ2n) is 9.68. The molecule has 196 valence electrons. The molecule has 5 aromatic rings. The van der Waals surface area contributed by atoms with Crippen LogP contribution >= 0.6 is 27.3 Å². The predicted octanol–water partition coefficient (Wildman–Crippen LogP) is 6.25. The maximum absolute atomic E-state index is 13.9. The van der Waals surface area contributed by atoms with Gasteiger partial charge >= 0.3 is 0 Å². The third-order valence-electron chi connectivity index (χ3n) is 7.28. The van der Waals surface area contributed by atoms with Crippen molar-refractivity contribution in [2.75, 3.05) is 0 Å². The molecule has 0 radical (unpaired) electrons. The van der Waals surface area contributed by atoms with E-state index < -0.39 is 11.0 Å². The van der Waals surface area contributed by atoms with Crippen LogP contribution in [0.4, 0.5) is 5.69 Å². The number of nitro benzene ring substituents is 1. The van der Waals surface area contributed by atoms with Crippen LogP contribution in [-0.4, -0.2) is 9.49 Å². The van der Waals surface area contributed by atoms with Crippen LogP contribution in [0.5, 0.6) is 0 Å². The number of benzene rings is 3. The van der Waals surface area contributed by atoms with Crippen molar-refractivity contribution in [2.45, 2.75) is 18.9 Å². The molecule has 7 rings (SSSR count). The lowest BCUT2D eigenvalue weighted by Crippen LogP contribution is -2.38. The highest BCUT2D eigenvalue weighted by Crippen LogP contribution is 2.41. The van der Waals surface area contributed by atoms with Gasteiger partial charge in [-0.3, -0.25) is 19.5 Å². The molecule has 0 N–H and O–H groups in total. The number of non-ortho nitro benzene ring substituents is 1. The number of thiazole rings is 1. The predicted molar refractivity (Wildman–Crippen MR) is 158 cm³/mol. The van der Waals surface area contributed by atoms with Crippen molar-refractivity contribution in [3.8, 4) is 11.3 Å². The number of nitro groups is 1. The first-order valence-electron chi connectivity index (χ1n) is 12.7. The molecule has 40 heavy (non-hydrogen) atoms. The van der Waals surface area contributed by atoms with E-state index in [9.17, 15) is 14.9 Å². The minimum Gasteiger partial charge on any atom is -0.457 e. The van der Waals surface area contributed by atoms with Crippen molar-refractivity contribution in [2.24, 2.45) is 4.99 Å². The number of hydrogen-bond acceptors (Lipinski definition) is 6. The largest absolute Gasteiger partial charge is 0.457 e. The Morgan fingerprint density at radius 1 is 1.02 bits per heavy atom. The number of rotatable bonds is 4. The van der Waals surface area contributed by atoms with E-state index in [2.05, 4.69) is 28.1 Å². The van der Waals surface area contributed by atoms with Crippen LogP contribution in [0.2, 0.25) is 0 Å². The summed E-state index contributed by atoms with van der Waals surface area (Å²) in [5.41, 5.74) is 5.50. The number of halogens is 1. The first kappa shape index (κ1) is 24.7. The maximum atomic E-state index is 13.9. The summed E-state index contributed by atoms with van der Waals surface area (Å²) in [5, 5.41) is 11.6. The first-order chi connectivity index (χ1) is 19.5. The Hall–Kier alpha value is -4.34. The van der Waals surface area contributed by atoms with E-state index in [4.69, 9.17) is 9.41 Å². The molecule has 3 aromatic carbocycles. The molecule has 3 heterocycles. The molecule has 1 atom stereocenters. The summed E-state index contributed by atoms with van der Waals surface area (Å²) in [6.07, 6.45) is 3.26. The Bertz CT molecular complexity index is 2050. The summed E-state index contributed by atoms with van der Waals surface area (Å²) in [6, 6.07) is 25.8. The smallest absolute Gasteiger partial charge is 0.271 e. The normalized spacial score (nSPS) is 16.2. The van der Waals surface area contributed by atoms with Crippen molar-refractivity contribution in [1.82, 2.24) is 4.57 Å². The van der Waals surface area contributed by atoms with Crippen molar-refractivity contribution in [3.05, 3.63) is 147 Å². The van der Waals surface area contributed by atoms with Gasteiger partial charge in [0.25, 0.3) is 11.2 Å². The lowest BCUT2D eigenvalue weighted by molar-refractivity contribution is -0.384. The van der Waals surface area contributed by atoms with Crippen LogP contribution in [0, 0.1) is 10.1 Å². The summed E-state index contributed by atoms with van der Waals surface area (Å²) >= 11 is 4.79. The van der Waals surface area contributed by atoms with E-state index >= 15 is 0 Å². The molecule has 0 bridgehead atoms. The molecule has 0 spiro atoms. The zero-order valence-electron chi connectivity index (χ0n) is 20.9. The number of hydrogen-bond donors (Lipinski definition) is 0. The maximum Gasteiger partial charge on any atom is 0.271 e. The van der Waals surface area contributed by atoms with Crippen LogP contribution in [0.15, 0.2) is 109 Å². The summed E-state index contributed by atoms with van der Waals surface area (Å²) in [5.74, 6) is 1.25. The Kier molecular flexibility index (Phi) is 5.98. The molecule has 7 nitrogen and oxygen atoms in total. The molecule has 0 saturated carbocycles. The second-order valence-corrected chi connectivity index (χ2v) is 11.6. The fourth-order valence-corrected chi connectivity index (χ4v) is 6.87. The van der Waals surface area contributed by atoms with E-state index in [0.29, 0.717) is 32.8 Å². The zero-order chi connectivity index (χ0) is 27.4. The molecule has 2 aliphatic rings. The third kappa shape index (κ3) is 4.18. The zero-order valence-corrected chi connectivity index (χ0v) is 23.3. The van der Waals surface area contributed by atoms with Gasteiger partial charge in [-0.05, 0) is 53.8 Å². The summed E-state index contributed by atoms with van der Waals surface area (Å²) in [4.78, 5) is 30.7. The van der Waals surface area contributed by atoms with Crippen molar-refractivity contribution in [3.63, 3.8) is 0 Å². The Morgan fingerprint density at radius 3 is 2.73 bits per heavy atom. The molecule has 1 aliphatic carbocycles. The Morgan fingerprint density at radius 2 is 1.88 bits per heavy atom.